The first-order valence-corrected chi connectivity index (χ1v) is 10.5. The number of nitrogens with zero attached hydrogens (tertiary/aromatic N) is 1. The summed E-state index contributed by atoms with van der Waals surface area (Å²) in [6.07, 6.45) is -0.982. The van der Waals surface area contributed by atoms with Crippen LogP contribution in [0.5, 0.6) is 0 Å². The van der Waals surface area contributed by atoms with Gasteiger partial charge in [-0.1, -0.05) is 60.4 Å². The standard InChI is InChI=1S/C26H31NO4/c1-25(2,3)31-24(28)27-22(19-30-26(27,4)5)23(17-16-20-12-8-6-9-13-20)29-18-21-14-10-7-11-15-21/h6-15,22-23H,18-19H2,1-5H3/t22-,23+/m0/s1. The van der Waals surface area contributed by atoms with Crippen LogP contribution in [-0.4, -0.2) is 41.1 Å². The largest absolute Gasteiger partial charge is 0.444 e. The summed E-state index contributed by atoms with van der Waals surface area (Å²) in [4.78, 5) is 14.7. The molecule has 0 aromatic heterocycles. The zero-order chi connectivity index (χ0) is 22.5. The van der Waals surface area contributed by atoms with E-state index in [9.17, 15) is 4.79 Å². The fraction of sp³-hybridized carbons (Fsp3) is 0.423. The molecule has 0 spiro atoms. The molecule has 2 aromatic rings. The van der Waals surface area contributed by atoms with Crippen LogP contribution >= 0.6 is 0 Å². The Bertz CT molecular complexity index is 923. The summed E-state index contributed by atoms with van der Waals surface area (Å²) in [7, 11) is 0. The summed E-state index contributed by atoms with van der Waals surface area (Å²) in [5, 5.41) is 0. The molecule has 0 bridgehead atoms. The average Bonchev–Trinajstić information content (AvgIpc) is 3.03. The van der Waals surface area contributed by atoms with Gasteiger partial charge in [0.2, 0.25) is 0 Å². The number of carbonyl (C=O) groups excluding carboxylic acids is 1. The predicted octanol–water partition coefficient (Wildman–Crippen LogP) is 5.00. The fourth-order valence-electron chi connectivity index (χ4n) is 3.41. The summed E-state index contributed by atoms with van der Waals surface area (Å²) in [5.41, 5.74) is 0.487. The second-order valence-electron chi connectivity index (χ2n) is 9.03. The molecule has 1 saturated heterocycles. The predicted molar refractivity (Wildman–Crippen MR) is 120 cm³/mol. The average molecular weight is 422 g/mol. The molecule has 0 aliphatic carbocycles. The Labute approximate surface area is 185 Å². The highest BCUT2D eigenvalue weighted by Gasteiger charge is 2.48. The monoisotopic (exact) mass is 421 g/mol. The first-order valence-electron chi connectivity index (χ1n) is 10.5. The molecule has 31 heavy (non-hydrogen) atoms. The first kappa shape index (κ1) is 22.9. The molecule has 0 unspecified atom stereocenters. The van der Waals surface area contributed by atoms with Crippen molar-refractivity contribution in [3.05, 3.63) is 71.8 Å². The fourth-order valence-corrected chi connectivity index (χ4v) is 3.41. The highest BCUT2D eigenvalue weighted by molar-refractivity contribution is 5.70. The van der Waals surface area contributed by atoms with Crippen LogP contribution in [0.15, 0.2) is 60.7 Å². The molecular formula is C26H31NO4. The molecule has 164 valence electrons. The second-order valence-corrected chi connectivity index (χ2v) is 9.03. The van der Waals surface area contributed by atoms with Gasteiger partial charge in [-0.25, -0.2) is 4.79 Å². The van der Waals surface area contributed by atoms with E-state index < -0.39 is 29.6 Å². The minimum absolute atomic E-state index is 0.315. The number of carbonyl (C=O) groups is 1. The van der Waals surface area contributed by atoms with Gasteiger partial charge in [0.15, 0.2) is 0 Å². The Hall–Kier alpha value is -2.81. The lowest BCUT2D eigenvalue weighted by atomic mass is 10.1. The van der Waals surface area contributed by atoms with Gasteiger partial charge in [-0.05, 0) is 52.3 Å². The molecule has 5 heteroatoms. The highest BCUT2D eigenvalue weighted by Crippen LogP contribution is 2.32. The number of hydrogen-bond donors (Lipinski definition) is 0. The first-order chi connectivity index (χ1) is 14.7. The zero-order valence-corrected chi connectivity index (χ0v) is 18.9. The van der Waals surface area contributed by atoms with E-state index >= 15 is 0 Å². The van der Waals surface area contributed by atoms with Crippen molar-refractivity contribution in [1.82, 2.24) is 4.90 Å². The molecule has 1 fully saturated rings. The Balaban J connectivity index is 1.88. The Morgan fingerprint density at radius 1 is 1.13 bits per heavy atom. The molecule has 5 nitrogen and oxygen atoms in total. The third kappa shape index (κ3) is 6.33. The molecule has 2 aromatic carbocycles. The highest BCUT2D eigenvalue weighted by atomic mass is 16.6. The smallest absolute Gasteiger partial charge is 0.413 e. The van der Waals surface area contributed by atoms with Crippen LogP contribution in [0, 0.1) is 11.8 Å². The minimum Gasteiger partial charge on any atom is -0.444 e. The number of hydrogen-bond acceptors (Lipinski definition) is 4. The molecule has 1 amide bonds. The van der Waals surface area contributed by atoms with E-state index in [1.807, 2.05) is 95.3 Å². The lowest BCUT2D eigenvalue weighted by Crippen LogP contribution is -2.53. The van der Waals surface area contributed by atoms with Crippen molar-refractivity contribution < 1.29 is 19.0 Å². The summed E-state index contributed by atoms with van der Waals surface area (Å²) in [6.45, 7) is 9.96. The minimum atomic E-state index is -0.824. The van der Waals surface area contributed by atoms with Crippen LogP contribution in [0.3, 0.4) is 0 Å². The zero-order valence-electron chi connectivity index (χ0n) is 18.9. The Morgan fingerprint density at radius 2 is 1.74 bits per heavy atom. The molecule has 0 N–H and O–H groups in total. The maximum Gasteiger partial charge on any atom is 0.413 e. The summed E-state index contributed by atoms with van der Waals surface area (Å²) >= 11 is 0. The van der Waals surface area contributed by atoms with Crippen LogP contribution < -0.4 is 0 Å². The summed E-state index contributed by atoms with van der Waals surface area (Å²) in [6, 6.07) is 19.2. The van der Waals surface area contributed by atoms with Gasteiger partial charge in [0.1, 0.15) is 17.4 Å². The normalized spacial score (nSPS) is 18.7. The van der Waals surface area contributed by atoms with Crippen LogP contribution in [-0.2, 0) is 20.8 Å². The van der Waals surface area contributed by atoms with Gasteiger partial charge in [-0.2, -0.15) is 0 Å². The van der Waals surface area contributed by atoms with Crippen molar-refractivity contribution in [3.63, 3.8) is 0 Å². The quantitative estimate of drug-likeness (QED) is 0.652. The van der Waals surface area contributed by atoms with Crippen molar-refractivity contribution in [3.8, 4) is 11.8 Å². The molecule has 2 atom stereocenters. The van der Waals surface area contributed by atoms with Gasteiger partial charge in [0.05, 0.1) is 19.3 Å². The number of ether oxygens (including phenoxy) is 3. The van der Waals surface area contributed by atoms with Crippen LogP contribution in [0.2, 0.25) is 0 Å². The van der Waals surface area contributed by atoms with Crippen LogP contribution in [0.4, 0.5) is 4.79 Å². The third-order valence-electron chi connectivity index (χ3n) is 4.86. The summed E-state index contributed by atoms with van der Waals surface area (Å²) in [5.74, 6) is 6.42. The molecule has 0 saturated carbocycles. The van der Waals surface area contributed by atoms with Crippen molar-refractivity contribution in [2.24, 2.45) is 0 Å². The maximum atomic E-state index is 13.1. The van der Waals surface area contributed by atoms with Gasteiger partial charge in [-0.3, -0.25) is 4.90 Å². The topological polar surface area (TPSA) is 48.0 Å². The van der Waals surface area contributed by atoms with Crippen LogP contribution in [0.25, 0.3) is 0 Å². The van der Waals surface area contributed by atoms with E-state index in [2.05, 4.69) is 11.8 Å². The molecule has 1 heterocycles. The second kappa shape index (κ2) is 9.55. The molecule has 3 rings (SSSR count). The van der Waals surface area contributed by atoms with E-state index in [4.69, 9.17) is 14.2 Å². The van der Waals surface area contributed by atoms with E-state index in [-0.39, 0.29) is 0 Å². The van der Waals surface area contributed by atoms with Crippen molar-refractivity contribution in [2.75, 3.05) is 6.61 Å². The molecule has 0 radical (unpaired) electrons. The van der Waals surface area contributed by atoms with Gasteiger partial charge >= 0.3 is 6.09 Å². The van der Waals surface area contributed by atoms with E-state index in [0.29, 0.717) is 13.2 Å². The lowest BCUT2D eigenvalue weighted by Gasteiger charge is -2.36. The molecular weight excluding hydrogens is 390 g/mol. The lowest BCUT2D eigenvalue weighted by molar-refractivity contribution is -0.0692. The van der Waals surface area contributed by atoms with Crippen LogP contribution in [0.1, 0.15) is 45.7 Å². The number of benzene rings is 2. The van der Waals surface area contributed by atoms with Crippen molar-refractivity contribution in [2.45, 2.75) is 64.7 Å². The van der Waals surface area contributed by atoms with E-state index in [0.717, 1.165) is 11.1 Å². The molecule has 1 aliphatic heterocycles. The van der Waals surface area contributed by atoms with Gasteiger partial charge in [0.25, 0.3) is 0 Å². The SMILES string of the molecule is CC(C)(C)OC(=O)N1[C@H]([C@@H](C#Cc2ccccc2)OCc2ccccc2)COC1(C)C. The van der Waals surface area contributed by atoms with Gasteiger partial charge in [0, 0.05) is 5.56 Å². The number of amides is 1. The third-order valence-corrected chi connectivity index (χ3v) is 4.86. The Morgan fingerprint density at radius 3 is 2.35 bits per heavy atom. The van der Waals surface area contributed by atoms with Gasteiger partial charge in [-0.15, -0.1) is 0 Å². The number of rotatable bonds is 4. The van der Waals surface area contributed by atoms with Crippen molar-refractivity contribution >= 4 is 6.09 Å². The van der Waals surface area contributed by atoms with E-state index in [1.165, 1.54) is 0 Å². The Kier molecular flexibility index (Phi) is 7.04. The maximum absolute atomic E-state index is 13.1. The van der Waals surface area contributed by atoms with Crippen molar-refractivity contribution in [1.29, 1.82) is 0 Å². The molecule has 1 aliphatic rings. The van der Waals surface area contributed by atoms with Gasteiger partial charge < -0.3 is 14.2 Å². The van der Waals surface area contributed by atoms with E-state index in [1.54, 1.807) is 4.90 Å². The summed E-state index contributed by atoms with van der Waals surface area (Å²) < 4.78 is 17.9.